The van der Waals surface area contributed by atoms with Gasteiger partial charge in [-0.3, -0.25) is 9.59 Å². The molecule has 0 spiro atoms. The summed E-state index contributed by atoms with van der Waals surface area (Å²) in [6.07, 6.45) is 9.77. The molecule has 2 aliphatic rings. The van der Waals surface area contributed by atoms with E-state index in [4.69, 9.17) is 5.11 Å². The van der Waals surface area contributed by atoms with E-state index in [1.165, 1.54) is 43.9 Å². The zero-order valence-electron chi connectivity index (χ0n) is 15.5. The molecule has 2 N–H and O–H groups in total. The first-order valence-electron chi connectivity index (χ1n) is 9.67. The lowest BCUT2D eigenvalue weighted by molar-refractivity contribution is -0.150. The predicted octanol–water partition coefficient (Wildman–Crippen LogP) is 2.56. The highest BCUT2D eigenvalue weighted by atomic mass is 16.4. The molecule has 2 fully saturated rings. The molecule has 0 radical (unpaired) electrons. The van der Waals surface area contributed by atoms with Gasteiger partial charge in [0.2, 0.25) is 11.8 Å². The van der Waals surface area contributed by atoms with Crippen LogP contribution in [-0.2, 0) is 14.4 Å². The molecule has 2 rings (SSSR count). The number of carboxylic acid groups (broad SMARTS) is 1. The van der Waals surface area contributed by atoms with Crippen molar-refractivity contribution in [2.24, 2.45) is 11.8 Å². The quantitative estimate of drug-likeness (QED) is 0.769. The molecule has 0 aromatic heterocycles. The highest BCUT2D eigenvalue weighted by molar-refractivity contribution is 5.84. The van der Waals surface area contributed by atoms with Crippen LogP contribution in [0.1, 0.15) is 71.1 Å². The topological polar surface area (TPSA) is 86.7 Å². The first kappa shape index (κ1) is 19.7. The van der Waals surface area contributed by atoms with E-state index in [0.29, 0.717) is 25.2 Å². The monoisotopic (exact) mass is 352 g/mol. The van der Waals surface area contributed by atoms with Gasteiger partial charge in [-0.25, -0.2) is 4.79 Å². The Bertz CT molecular complexity index is 480. The maximum absolute atomic E-state index is 12.4. The van der Waals surface area contributed by atoms with Crippen LogP contribution in [0.2, 0.25) is 0 Å². The number of carbonyl (C=O) groups is 3. The second-order valence-corrected chi connectivity index (χ2v) is 7.79. The average Bonchev–Trinajstić information content (AvgIpc) is 2.61. The molecule has 2 aliphatic carbocycles. The third-order valence-corrected chi connectivity index (χ3v) is 5.93. The van der Waals surface area contributed by atoms with E-state index in [1.807, 2.05) is 0 Å². The summed E-state index contributed by atoms with van der Waals surface area (Å²) in [6.45, 7) is 1.53. The molecule has 1 unspecified atom stereocenters. The van der Waals surface area contributed by atoms with Crippen molar-refractivity contribution in [2.45, 2.75) is 83.2 Å². The summed E-state index contributed by atoms with van der Waals surface area (Å²) in [6, 6.07) is -0.650. The molecule has 2 saturated carbocycles. The van der Waals surface area contributed by atoms with Gasteiger partial charge in [0, 0.05) is 25.4 Å². The largest absolute Gasteiger partial charge is 0.480 e. The van der Waals surface area contributed by atoms with E-state index in [0.717, 1.165) is 12.8 Å². The van der Waals surface area contributed by atoms with E-state index in [1.54, 1.807) is 7.05 Å². The maximum atomic E-state index is 12.4. The van der Waals surface area contributed by atoms with Crippen LogP contribution in [0.15, 0.2) is 0 Å². The summed E-state index contributed by atoms with van der Waals surface area (Å²) in [4.78, 5) is 37.0. The molecule has 2 amide bonds. The molecule has 0 aromatic carbocycles. The summed E-state index contributed by atoms with van der Waals surface area (Å²) >= 11 is 0. The van der Waals surface area contributed by atoms with E-state index in [9.17, 15) is 14.4 Å². The van der Waals surface area contributed by atoms with Crippen LogP contribution < -0.4 is 5.32 Å². The van der Waals surface area contributed by atoms with Crippen molar-refractivity contribution in [3.8, 4) is 0 Å². The summed E-state index contributed by atoms with van der Waals surface area (Å²) < 4.78 is 0. The maximum Gasteiger partial charge on any atom is 0.326 e. The molecule has 1 atom stereocenters. The second-order valence-electron chi connectivity index (χ2n) is 7.79. The van der Waals surface area contributed by atoms with Crippen molar-refractivity contribution in [1.82, 2.24) is 10.2 Å². The van der Waals surface area contributed by atoms with Gasteiger partial charge >= 0.3 is 5.97 Å². The van der Waals surface area contributed by atoms with Gasteiger partial charge in [-0.1, -0.05) is 19.3 Å². The zero-order valence-corrected chi connectivity index (χ0v) is 15.5. The Balaban J connectivity index is 1.72. The summed E-state index contributed by atoms with van der Waals surface area (Å²) in [7, 11) is 1.55. The molecular formula is C19H32N2O4. The summed E-state index contributed by atoms with van der Waals surface area (Å²) in [5, 5.41) is 12.2. The van der Waals surface area contributed by atoms with Gasteiger partial charge in [0.1, 0.15) is 6.04 Å². The smallest absolute Gasteiger partial charge is 0.326 e. The Labute approximate surface area is 150 Å². The van der Waals surface area contributed by atoms with Gasteiger partial charge < -0.3 is 15.3 Å². The van der Waals surface area contributed by atoms with Crippen molar-refractivity contribution >= 4 is 17.8 Å². The number of hydrogen-bond acceptors (Lipinski definition) is 3. The fourth-order valence-electron chi connectivity index (χ4n) is 4.07. The van der Waals surface area contributed by atoms with Crippen LogP contribution in [0.5, 0.6) is 0 Å². The Morgan fingerprint density at radius 3 is 2.20 bits per heavy atom. The molecule has 0 heterocycles. The van der Waals surface area contributed by atoms with Crippen LogP contribution in [0.25, 0.3) is 0 Å². The Kier molecular flexibility index (Phi) is 7.26. The average molecular weight is 352 g/mol. The van der Waals surface area contributed by atoms with E-state index in [2.05, 4.69) is 5.32 Å². The minimum absolute atomic E-state index is 0.0955. The van der Waals surface area contributed by atoms with Crippen LogP contribution in [-0.4, -0.2) is 46.9 Å². The van der Waals surface area contributed by atoms with Crippen molar-refractivity contribution < 1.29 is 19.5 Å². The Hall–Kier alpha value is -1.59. The SMILES string of the molecule is CC(C(=O)O)N(C)C(=O)C1CCC(NC(=O)CC2CCCCC2)CC1. The Morgan fingerprint density at radius 1 is 1.04 bits per heavy atom. The summed E-state index contributed by atoms with van der Waals surface area (Å²) in [5.41, 5.74) is 0. The normalized spacial score (nSPS) is 25.8. The first-order valence-corrected chi connectivity index (χ1v) is 9.67. The number of hydrogen-bond donors (Lipinski definition) is 2. The predicted molar refractivity (Wildman–Crippen MR) is 94.9 cm³/mol. The van der Waals surface area contributed by atoms with Crippen molar-refractivity contribution in [2.75, 3.05) is 7.05 Å². The molecule has 6 nitrogen and oxygen atoms in total. The lowest BCUT2D eigenvalue weighted by atomic mass is 9.84. The molecule has 25 heavy (non-hydrogen) atoms. The molecule has 6 heteroatoms. The van der Waals surface area contributed by atoms with E-state index >= 15 is 0 Å². The van der Waals surface area contributed by atoms with Crippen molar-refractivity contribution in [3.63, 3.8) is 0 Å². The Morgan fingerprint density at radius 2 is 1.64 bits per heavy atom. The van der Waals surface area contributed by atoms with Gasteiger partial charge in [0.15, 0.2) is 0 Å². The van der Waals surface area contributed by atoms with Gasteiger partial charge in [0.05, 0.1) is 0 Å². The number of nitrogens with zero attached hydrogens (tertiary/aromatic N) is 1. The van der Waals surface area contributed by atoms with Crippen LogP contribution in [0.4, 0.5) is 0 Å². The molecular weight excluding hydrogens is 320 g/mol. The molecule has 142 valence electrons. The van der Waals surface area contributed by atoms with E-state index in [-0.39, 0.29) is 23.8 Å². The molecule has 0 aliphatic heterocycles. The zero-order chi connectivity index (χ0) is 18.4. The standard InChI is InChI=1S/C19H32N2O4/c1-13(19(24)25)21(2)18(23)15-8-10-16(11-9-15)20-17(22)12-14-6-4-3-5-7-14/h13-16H,3-12H2,1-2H3,(H,20,22)(H,24,25). The molecule has 0 saturated heterocycles. The number of carboxylic acids is 1. The molecule has 0 bridgehead atoms. The summed E-state index contributed by atoms with van der Waals surface area (Å²) in [5.74, 6) is -0.518. The fourth-order valence-corrected chi connectivity index (χ4v) is 4.07. The lowest BCUT2D eigenvalue weighted by Gasteiger charge is -2.32. The second kappa shape index (κ2) is 9.20. The minimum Gasteiger partial charge on any atom is -0.480 e. The van der Waals surface area contributed by atoms with Gasteiger partial charge in [-0.2, -0.15) is 0 Å². The van der Waals surface area contributed by atoms with Gasteiger partial charge in [0.25, 0.3) is 0 Å². The minimum atomic E-state index is -0.987. The highest BCUT2D eigenvalue weighted by Gasteiger charge is 2.32. The number of nitrogens with one attached hydrogen (secondary N) is 1. The van der Waals surface area contributed by atoms with Crippen LogP contribution in [0, 0.1) is 11.8 Å². The first-order chi connectivity index (χ1) is 11.9. The lowest BCUT2D eigenvalue weighted by Crippen LogP contribution is -2.46. The third kappa shape index (κ3) is 5.72. The van der Waals surface area contributed by atoms with Gasteiger partial charge in [-0.15, -0.1) is 0 Å². The molecule has 0 aromatic rings. The van der Waals surface area contributed by atoms with Crippen LogP contribution in [0.3, 0.4) is 0 Å². The van der Waals surface area contributed by atoms with Crippen molar-refractivity contribution in [3.05, 3.63) is 0 Å². The number of rotatable bonds is 6. The van der Waals surface area contributed by atoms with Crippen LogP contribution >= 0.6 is 0 Å². The van der Waals surface area contributed by atoms with Gasteiger partial charge in [-0.05, 0) is 51.4 Å². The van der Waals surface area contributed by atoms with Crippen molar-refractivity contribution in [1.29, 1.82) is 0 Å². The number of likely N-dealkylation sites (N-methyl/N-ethyl adjacent to an activating group) is 1. The number of amides is 2. The number of aliphatic carboxylic acids is 1. The third-order valence-electron chi connectivity index (χ3n) is 5.93. The highest BCUT2D eigenvalue weighted by Crippen LogP contribution is 2.28. The number of carbonyl (C=O) groups excluding carboxylic acids is 2. The van der Waals surface area contributed by atoms with E-state index < -0.39 is 12.0 Å². The fraction of sp³-hybridized carbons (Fsp3) is 0.842.